The fourth-order valence-corrected chi connectivity index (χ4v) is 4.24. The minimum Gasteiger partial charge on any atom is -0.543 e. The second kappa shape index (κ2) is 15.2. The summed E-state index contributed by atoms with van der Waals surface area (Å²) in [6.07, 6.45) is -0.570. The predicted octanol–water partition coefficient (Wildman–Crippen LogP) is 3.46. The first kappa shape index (κ1) is 33.8. The molecule has 0 aliphatic heterocycles. The molecule has 0 N–H and O–H groups in total. The maximum absolute atomic E-state index is 11.6. The van der Waals surface area contributed by atoms with E-state index in [9.17, 15) is 14.7 Å². The van der Waals surface area contributed by atoms with Gasteiger partial charge in [0, 0.05) is 21.8 Å². The van der Waals surface area contributed by atoms with Gasteiger partial charge in [0.25, 0.3) is 0 Å². The molecule has 218 valence electrons. The van der Waals surface area contributed by atoms with Crippen molar-refractivity contribution in [1.29, 1.82) is 0 Å². The molecule has 0 bridgehead atoms. The number of rotatable bonds is 8. The van der Waals surface area contributed by atoms with Crippen LogP contribution in [0.3, 0.4) is 0 Å². The van der Waals surface area contributed by atoms with Crippen LogP contribution in [-0.2, 0) is 9.53 Å². The van der Waals surface area contributed by atoms with Gasteiger partial charge in [-0.25, -0.2) is 9.48 Å². The zero-order valence-corrected chi connectivity index (χ0v) is 25.7. The molecule has 0 aliphatic rings. The summed E-state index contributed by atoms with van der Waals surface area (Å²) in [7, 11) is 0. The molecule has 0 saturated heterocycles. The zero-order chi connectivity index (χ0) is 30.4. The van der Waals surface area contributed by atoms with Crippen LogP contribution >= 0.6 is 34.8 Å². The summed E-state index contributed by atoms with van der Waals surface area (Å²) in [5.41, 5.74) is 2.29. The number of carbonyl (C=O) groups is 2. The molecule has 5 aromatic rings. The van der Waals surface area contributed by atoms with E-state index in [1.54, 1.807) is 81.4 Å². The number of oxazole rings is 1. The quantitative estimate of drug-likeness (QED) is 0.185. The van der Waals surface area contributed by atoms with Crippen LogP contribution in [0, 0.1) is 6.92 Å². The molecule has 10 nitrogen and oxygen atoms in total. The molecule has 1 atom stereocenters. The number of aromatic nitrogens is 3. The van der Waals surface area contributed by atoms with Gasteiger partial charge >= 0.3 is 30.9 Å². The Labute approximate surface area is 273 Å². The Bertz CT molecular complexity index is 1720. The number of halogens is 3. The number of ether oxygens (including phenoxy) is 3. The summed E-state index contributed by atoms with van der Waals surface area (Å²) in [5.74, 6) is -0.684. The van der Waals surface area contributed by atoms with E-state index >= 15 is 0 Å². The Morgan fingerprint density at radius 2 is 1.63 bits per heavy atom. The van der Waals surface area contributed by atoms with Crippen molar-refractivity contribution in [3.63, 3.8) is 0 Å². The monoisotopic (exact) mass is 637 g/mol. The largest absolute Gasteiger partial charge is 1.00 e. The number of hydrogen-bond donors (Lipinski definition) is 0. The summed E-state index contributed by atoms with van der Waals surface area (Å²) < 4.78 is 22.9. The van der Waals surface area contributed by atoms with Crippen molar-refractivity contribution in [1.82, 2.24) is 14.8 Å². The van der Waals surface area contributed by atoms with Gasteiger partial charge in [0.15, 0.2) is 11.7 Å². The van der Waals surface area contributed by atoms with Crippen molar-refractivity contribution >= 4 is 57.8 Å². The van der Waals surface area contributed by atoms with Gasteiger partial charge in [-0.2, -0.15) is 10.1 Å². The first-order valence-electron chi connectivity index (χ1n) is 12.4. The SMILES string of the molecule is CCOC(=O)C(C)Oc1ccc(Oc2nc3ccc(Cl)cc3o2)cc1.Cc1cc(C(=O)[O-])nn1-c1ccc(Cl)cc1Cl.[Li+]. The van der Waals surface area contributed by atoms with Gasteiger partial charge in [-0.05, 0) is 81.4 Å². The second-order valence-corrected chi connectivity index (χ2v) is 9.92. The van der Waals surface area contributed by atoms with Gasteiger partial charge in [-0.15, -0.1) is 0 Å². The molecule has 1 unspecified atom stereocenters. The van der Waals surface area contributed by atoms with Crippen molar-refractivity contribution in [2.45, 2.75) is 26.9 Å². The average molecular weight is 639 g/mol. The number of aryl methyl sites for hydroxylation is 1. The smallest absolute Gasteiger partial charge is 0.543 e. The number of benzene rings is 3. The van der Waals surface area contributed by atoms with E-state index in [0.717, 1.165) is 0 Å². The third-order valence-corrected chi connectivity index (χ3v) is 6.30. The summed E-state index contributed by atoms with van der Waals surface area (Å²) in [4.78, 5) is 26.5. The standard InChI is InChI=1S/C18H16ClNO5.C11H8Cl2N2O2.Li/c1-3-22-17(21)11(2)23-13-5-7-14(8-6-13)24-18-20-15-9-4-12(19)10-16(15)25-18;1-6-4-9(11(16)17)14-15(6)10-3-2-7(12)5-8(10)13;/h4-11H,3H2,1-2H3;2-5H,1H3,(H,16,17);/q;;+1/p-1. The van der Waals surface area contributed by atoms with Gasteiger partial charge in [-0.1, -0.05) is 34.8 Å². The van der Waals surface area contributed by atoms with E-state index in [1.165, 1.54) is 10.7 Å². The molecule has 14 heteroatoms. The van der Waals surface area contributed by atoms with Crippen molar-refractivity contribution < 1.29 is 52.2 Å². The number of aromatic carboxylic acids is 1. The van der Waals surface area contributed by atoms with E-state index in [-0.39, 0.29) is 30.6 Å². The van der Waals surface area contributed by atoms with Crippen LogP contribution in [0.15, 0.2) is 71.1 Å². The Morgan fingerprint density at radius 1 is 0.977 bits per heavy atom. The molecule has 0 saturated carbocycles. The van der Waals surface area contributed by atoms with Crippen molar-refractivity contribution in [3.8, 4) is 23.3 Å². The van der Waals surface area contributed by atoms with Crippen LogP contribution in [0.4, 0.5) is 0 Å². The van der Waals surface area contributed by atoms with Crippen molar-refractivity contribution in [3.05, 3.63) is 93.2 Å². The molecule has 0 aliphatic carbocycles. The third kappa shape index (κ3) is 8.92. The molecule has 5 rings (SSSR count). The van der Waals surface area contributed by atoms with Gasteiger partial charge in [0.1, 0.15) is 22.7 Å². The number of fused-ring (bicyclic) bond motifs is 1. The van der Waals surface area contributed by atoms with Gasteiger partial charge in [0.05, 0.1) is 23.3 Å². The summed E-state index contributed by atoms with van der Waals surface area (Å²) in [5, 5.41) is 16.1. The first-order chi connectivity index (χ1) is 20.0. The molecule has 2 aromatic heterocycles. The normalized spacial score (nSPS) is 11.1. The molecular formula is C29H23Cl3LiN3O7. The minimum absolute atomic E-state index is 0. The number of esters is 1. The predicted molar refractivity (Wildman–Crippen MR) is 155 cm³/mol. The Hall–Kier alpha value is -3.65. The molecular weight excluding hydrogens is 616 g/mol. The minimum atomic E-state index is -1.32. The van der Waals surface area contributed by atoms with E-state index < -0.39 is 18.0 Å². The Kier molecular flexibility index (Phi) is 12.0. The van der Waals surface area contributed by atoms with Gasteiger partial charge < -0.3 is 28.5 Å². The molecule has 0 spiro atoms. The van der Waals surface area contributed by atoms with Crippen LogP contribution < -0.4 is 33.4 Å². The van der Waals surface area contributed by atoms with E-state index in [1.807, 2.05) is 0 Å². The third-order valence-electron chi connectivity index (χ3n) is 5.53. The molecule has 0 amide bonds. The zero-order valence-electron chi connectivity index (χ0n) is 23.5. The molecule has 2 heterocycles. The molecule has 3 aromatic carbocycles. The molecule has 0 radical (unpaired) electrons. The van der Waals surface area contributed by atoms with Gasteiger partial charge in [0.2, 0.25) is 0 Å². The summed E-state index contributed by atoms with van der Waals surface area (Å²) >= 11 is 17.7. The van der Waals surface area contributed by atoms with Gasteiger partial charge in [-0.3, -0.25) is 0 Å². The van der Waals surface area contributed by atoms with Crippen LogP contribution in [-0.4, -0.2) is 39.4 Å². The maximum Gasteiger partial charge on any atom is 1.00 e. The van der Waals surface area contributed by atoms with E-state index in [0.29, 0.717) is 55.7 Å². The number of carboxylic acids is 1. The number of hydrogen-bond acceptors (Lipinski definition) is 9. The Balaban J connectivity index is 0.000000247. The van der Waals surface area contributed by atoms with E-state index in [4.69, 9.17) is 53.4 Å². The van der Waals surface area contributed by atoms with Crippen LogP contribution in [0.5, 0.6) is 17.6 Å². The fraction of sp³-hybridized carbons (Fsp3) is 0.172. The first-order valence-corrected chi connectivity index (χ1v) is 13.6. The maximum atomic E-state index is 11.6. The molecule has 43 heavy (non-hydrogen) atoms. The van der Waals surface area contributed by atoms with Crippen molar-refractivity contribution in [2.75, 3.05) is 6.61 Å². The number of nitrogens with zero attached hydrogens (tertiary/aromatic N) is 3. The van der Waals surface area contributed by atoms with Crippen LogP contribution in [0.1, 0.15) is 30.0 Å². The topological polar surface area (TPSA) is 129 Å². The second-order valence-electron chi connectivity index (χ2n) is 8.64. The van der Waals surface area contributed by atoms with Crippen LogP contribution in [0.25, 0.3) is 16.8 Å². The van der Waals surface area contributed by atoms with Crippen molar-refractivity contribution in [2.24, 2.45) is 0 Å². The fourth-order valence-electron chi connectivity index (χ4n) is 3.59. The summed E-state index contributed by atoms with van der Waals surface area (Å²) in [6, 6.07) is 18.2. The Morgan fingerprint density at radius 3 is 2.26 bits per heavy atom. The van der Waals surface area contributed by atoms with Crippen LogP contribution in [0.2, 0.25) is 15.1 Å². The summed E-state index contributed by atoms with van der Waals surface area (Å²) in [6.45, 7) is 5.42. The average Bonchev–Trinajstić information content (AvgIpc) is 3.52. The number of carbonyl (C=O) groups excluding carboxylic acids is 2. The molecule has 0 fully saturated rings. The number of carboxylic acid groups (broad SMARTS) is 1. The van der Waals surface area contributed by atoms with E-state index in [2.05, 4.69) is 10.1 Å².